The SMILES string of the molecule is CC(NC(C)c1ccc(F)c(Br)c1)c1ccc(F)cc1. The van der Waals surface area contributed by atoms with Gasteiger partial charge in [0.25, 0.3) is 0 Å². The first-order valence-corrected chi connectivity index (χ1v) is 7.23. The number of benzene rings is 2. The molecule has 0 fully saturated rings. The van der Waals surface area contributed by atoms with Crippen LogP contribution in [0, 0.1) is 11.6 Å². The molecule has 0 saturated heterocycles. The molecule has 0 heterocycles. The first-order chi connectivity index (χ1) is 9.47. The molecule has 2 aromatic carbocycles. The number of hydrogen-bond donors (Lipinski definition) is 1. The minimum Gasteiger partial charge on any atom is -0.304 e. The van der Waals surface area contributed by atoms with E-state index in [9.17, 15) is 8.78 Å². The third kappa shape index (κ3) is 3.64. The second-order valence-corrected chi connectivity index (χ2v) is 5.69. The first kappa shape index (κ1) is 15.1. The quantitative estimate of drug-likeness (QED) is 0.813. The third-order valence-electron chi connectivity index (χ3n) is 3.31. The lowest BCUT2D eigenvalue weighted by Gasteiger charge is -2.21. The summed E-state index contributed by atoms with van der Waals surface area (Å²) < 4.78 is 26.6. The fraction of sp³-hybridized carbons (Fsp3) is 0.250. The Kier molecular flexibility index (Phi) is 4.89. The normalized spacial score (nSPS) is 14.1. The van der Waals surface area contributed by atoms with Crippen molar-refractivity contribution in [1.82, 2.24) is 5.32 Å². The van der Waals surface area contributed by atoms with Gasteiger partial charge in [0.2, 0.25) is 0 Å². The zero-order valence-corrected chi connectivity index (χ0v) is 12.9. The Labute approximate surface area is 126 Å². The highest BCUT2D eigenvalue weighted by Crippen LogP contribution is 2.23. The zero-order valence-electron chi connectivity index (χ0n) is 11.3. The molecular formula is C16H16BrF2N. The minimum absolute atomic E-state index is 0.0620. The van der Waals surface area contributed by atoms with Crippen molar-refractivity contribution in [2.45, 2.75) is 25.9 Å². The highest BCUT2D eigenvalue weighted by Gasteiger charge is 2.12. The summed E-state index contributed by atoms with van der Waals surface area (Å²) in [6.45, 7) is 4.03. The lowest BCUT2D eigenvalue weighted by atomic mass is 10.0. The molecule has 2 atom stereocenters. The van der Waals surface area contributed by atoms with Gasteiger partial charge in [-0.25, -0.2) is 8.78 Å². The largest absolute Gasteiger partial charge is 0.304 e. The summed E-state index contributed by atoms with van der Waals surface area (Å²) in [5.74, 6) is -0.510. The molecule has 0 bridgehead atoms. The standard InChI is InChI=1S/C16H16BrF2N/c1-10(12-3-6-14(18)7-4-12)20-11(2)13-5-8-16(19)15(17)9-13/h3-11,20H,1-2H3. The van der Waals surface area contributed by atoms with Crippen LogP contribution < -0.4 is 5.32 Å². The topological polar surface area (TPSA) is 12.0 Å². The smallest absolute Gasteiger partial charge is 0.137 e. The van der Waals surface area contributed by atoms with Crippen molar-refractivity contribution in [3.05, 3.63) is 69.7 Å². The van der Waals surface area contributed by atoms with Gasteiger partial charge < -0.3 is 5.32 Å². The number of halogens is 3. The molecule has 0 aliphatic rings. The van der Waals surface area contributed by atoms with Crippen molar-refractivity contribution < 1.29 is 8.78 Å². The van der Waals surface area contributed by atoms with Gasteiger partial charge in [-0.05, 0) is 65.2 Å². The molecule has 2 unspecified atom stereocenters. The fourth-order valence-electron chi connectivity index (χ4n) is 2.10. The highest BCUT2D eigenvalue weighted by molar-refractivity contribution is 9.10. The van der Waals surface area contributed by atoms with Crippen LogP contribution in [0.25, 0.3) is 0 Å². The van der Waals surface area contributed by atoms with Crippen LogP contribution in [0.5, 0.6) is 0 Å². The Morgan fingerprint density at radius 1 is 0.900 bits per heavy atom. The molecule has 106 valence electrons. The molecule has 1 nitrogen and oxygen atoms in total. The van der Waals surface area contributed by atoms with Gasteiger partial charge in [-0.3, -0.25) is 0 Å². The minimum atomic E-state index is -0.271. The maximum Gasteiger partial charge on any atom is 0.137 e. The van der Waals surface area contributed by atoms with Crippen molar-refractivity contribution in [3.63, 3.8) is 0 Å². The molecular weight excluding hydrogens is 324 g/mol. The zero-order chi connectivity index (χ0) is 14.7. The number of hydrogen-bond acceptors (Lipinski definition) is 1. The maximum atomic E-state index is 13.2. The van der Waals surface area contributed by atoms with Crippen LogP contribution in [0.1, 0.15) is 37.1 Å². The number of rotatable bonds is 4. The van der Waals surface area contributed by atoms with Gasteiger partial charge in [-0.1, -0.05) is 18.2 Å². The lowest BCUT2D eigenvalue weighted by molar-refractivity contribution is 0.492. The van der Waals surface area contributed by atoms with E-state index in [0.717, 1.165) is 11.1 Å². The maximum absolute atomic E-state index is 13.2. The van der Waals surface area contributed by atoms with Crippen molar-refractivity contribution in [1.29, 1.82) is 0 Å². The summed E-state index contributed by atoms with van der Waals surface area (Å²) in [5.41, 5.74) is 2.01. The van der Waals surface area contributed by atoms with Crippen LogP contribution in [-0.2, 0) is 0 Å². The number of nitrogens with one attached hydrogen (secondary N) is 1. The third-order valence-corrected chi connectivity index (χ3v) is 3.92. The van der Waals surface area contributed by atoms with Crippen LogP contribution in [0.2, 0.25) is 0 Å². The average molecular weight is 340 g/mol. The molecule has 2 rings (SSSR count). The van der Waals surface area contributed by atoms with E-state index in [1.807, 2.05) is 13.8 Å². The predicted octanol–water partition coefficient (Wildman–Crippen LogP) is 5.14. The molecule has 0 radical (unpaired) electrons. The van der Waals surface area contributed by atoms with Gasteiger partial charge in [0.15, 0.2) is 0 Å². The summed E-state index contributed by atoms with van der Waals surface area (Å²) in [6.07, 6.45) is 0. The Bertz CT molecular complexity index is 584. The van der Waals surface area contributed by atoms with E-state index >= 15 is 0 Å². The van der Waals surface area contributed by atoms with Crippen LogP contribution in [0.3, 0.4) is 0 Å². The van der Waals surface area contributed by atoms with Gasteiger partial charge in [0.1, 0.15) is 11.6 Å². The summed E-state index contributed by atoms with van der Waals surface area (Å²) in [4.78, 5) is 0. The molecule has 2 aromatic rings. The lowest BCUT2D eigenvalue weighted by Crippen LogP contribution is -2.22. The van der Waals surface area contributed by atoms with E-state index in [1.165, 1.54) is 18.2 Å². The molecule has 0 spiro atoms. The Balaban J connectivity index is 2.08. The van der Waals surface area contributed by atoms with Crippen molar-refractivity contribution in [2.75, 3.05) is 0 Å². The Hall–Kier alpha value is -1.26. The van der Waals surface area contributed by atoms with Crippen molar-refractivity contribution in [2.24, 2.45) is 0 Å². The second kappa shape index (κ2) is 6.46. The van der Waals surface area contributed by atoms with Gasteiger partial charge >= 0.3 is 0 Å². The van der Waals surface area contributed by atoms with E-state index in [2.05, 4.69) is 21.2 Å². The summed E-state index contributed by atoms with van der Waals surface area (Å²) in [7, 11) is 0. The van der Waals surface area contributed by atoms with E-state index in [4.69, 9.17) is 0 Å². The summed E-state index contributed by atoms with van der Waals surface area (Å²) in [6, 6.07) is 11.5. The summed E-state index contributed by atoms with van der Waals surface area (Å²) in [5, 5.41) is 3.41. The van der Waals surface area contributed by atoms with E-state index < -0.39 is 0 Å². The van der Waals surface area contributed by atoms with Crippen molar-refractivity contribution in [3.8, 4) is 0 Å². The van der Waals surface area contributed by atoms with Crippen LogP contribution in [0.15, 0.2) is 46.9 Å². The molecule has 20 heavy (non-hydrogen) atoms. The fourth-order valence-corrected chi connectivity index (χ4v) is 2.50. The molecule has 0 saturated carbocycles. The van der Waals surface area contributed by atoms with Crippen LogP contribution >= 0.6 is 15.9 Å². The molecule has 0 aliphatic carbocycles. The van der Waals surface area contributed by atoms with Crippen LogP contribution in [-0.4, -0.2) is 0 Å². The molecule has 0 aromatic heterocycles. The molecule has 4 heteroatoms. The molecule has 0 aliphatic heterocycles. The highest BCUT2D eigenvalue weighted by atomic mass is 79.9. The van der Waals surface area contributed by atoms with E-state index in [1.54, 1.807) is 24.3 Å². The van der Waals surface area contributed by atoms with Gasteiger partial charge in [0, 0.05) is 12.1 Å². The summed E-state index contributed by atoms with van der Waals surface area (Å²) >= 11 is 3.19. The van der Waals surface area contributed by atoms with Gasteiger partial charge in [-0.2, -0.15) is 0 Å². The second-order valence-electron chi connectivity index (χ2n) is 4.84. The van der Waals surface area contributed by atoms with Crippen LogP contribution in [0.4, 0.5) is 8.78 Å². The predicted molar refractivity (Wildman–Crippen MR) is 80.5 cm³/mol. The Morgan fingerprint density at radius 2 is 1.45 bits per heavy atom. The van der Waals surface area contributed by atoms with Crippen molar-refractivity contribution >= 4 is 15.9 Å². The van der Waals surface area contributed by atoms with E-state index in [0.29, 0.717) is 4.47 Å². The molecule has 0 amide bonds. The average Bonchev–Trinajstić information content (AvgIpc) is 2.42. The monoisotopic (exact) mass is 339 g/mol. The van der Waals surface area contributed by atoms with E-state index in [-0.39, 0.29) is 23.7 Å². The Morgan fingerprint density at radius 3 is 2.05 bits per heavy atom. The first-order valence-electron chi connectivity index (χ1n) is 6.44. The molecule has 1 N–H and O–H groups in total. The van der Waals surface area contributed by atoms with Gasteiger partial charge in [-0.15, -0.1) is 0 Å². The van der Waals surface area contributed by atoms with Gasteiger partial charge in [0.05, 0.1) is 4.47 Å².